The third-order valence-corrected chi connectivity index (χ3v) is 4.94. The molecule has 6 nitrogen and oxygen atoms in total. The van der Waals surface area contributed by atoms with Crippen LogP contribution in [0.3, 0.4) is 0 Å². The predicted molar refractivity (Wildman–Crippen MR) is 98.4 cm³/mol. The summed E-state index contributed by atoms with van der Waals surface area (Å²) in [7, 11) is 1.79. The third-order valence-electron chi connectivity index (χ3n) is 3.83. The molecular formula is C17H18ClN5OS. The molecule has 130 valence electrons. The first kappa shape index (κ1) is 17.6. The molecule has 3 aromatic rings. The highest BCUT2D eigenvalue weighted by atomic mass is 35.5. The first-order valence-corrected chi connectivity index (χ1v) is 9.17. The number of hydrogen-bond donors (Lipinski definition) is 0. The van der Waals surface area contributed by atoms with Gasteiger partial charge in [-0.1, -0.05) is 24.6 Å². The van der Waals surface area contributed by atoms with Crippen molar-refractivity contribution in [3.8, 4) is 11.4 Å². The topological polar surface area (TPSA) is 63.9 Å². The summed E-state index contributed by atoms with van der Waals surface area (Å²) >= 11 is 7.53. The zero-order chi connectivity index (χ0) is 17.8. The zero-order valence-corrected chi connectivity index (χ0v) is 15.5. The average molecular weight is 376 g/mol. The number of rotatable bonds is 6. The lowest BCUT2D eigenvalue weighted by atomic mass is 10.2. The van der Waals surface area contributed by atoms with Crippen LogP contribution in [0.15, 0.2) is 41.8 Å². The third kappa shape index (κ3) is 4.05. The van der Waals surface area contributed by atoms with E-state index in [9.17, 15) is 4.79 Å². The van der Waals surface area contributed by atoms with Gasteiger partial charge in [-0.05, 0) is 47.3 Å². The standard InChI is InChI=1S/C17H18ClN5OS/c1-3-15(17(24)22(2)11-14-5-4-10-25-14)23-20-16(19-21-23)12-6-8-13(18)9-7-12/h4-10,15H,3,11H2,1-2H3. The highest BCUT2D eigenvalue weighted by Gasteiger charge is 2.25. The number of benzene rings is 1. The van der Waals surface area contributed by atoms with Crippen molar-refractivity contribution in [3.63, 3.8) is 0 Å². The lowest BCUT2D eigenvalue weighted by molar-refractivity contribution is -0.134. The van der Waals surface area contributed by atoms with E-state index < -0.39 is 6.04 Å². The number of thiophene rings is 1. The summed E-state index contributed by atoms with van der Waals surface area (Å²) in [5.41, 5.74) is 0.810. The highest BCUT2D eigenvalue weighted by molar-refractivity contribution is 7.09. The second-order valence-corrected chi connectivity index (χ2v) is 7.11. The minimum absolute atomic E-state index is 0.0315. The van der Waals surface area contributed by atoms with Gasteiger partial charge in [-0.25, -0.2) is 0 Å². The van der Waals surface area contributed by atoms with Crippen molar-refractivity contribution in [2.45, 2.75) is 25.9 Å². The normalized spacial score (nSPS) is 12.1. The molecule has 0 spiro atoms. The van der Waals surface area contributed by atoms with Gasteiger partial charge in [0.25, 0.3) is 0 Å². The van der Waals surface area contributed by atoms with Crippen LogP contribution >= 0.6 is 22.9 Å². The Morgan fingerprint density at radius 3 is 2.72 bits per heavy atom. The minimum atomic E-state index is -0.474. The molecule has 1 amide bonds. The number of nitrogens with zero attached hydrogens (tertiary/aromatic N) is 5. The molecule has 25 heavy (non-hydrogen) atoms. The molecule has 0 aliphatic carbocycles. The monoisotopic (exact) mass is 375 g/mol. The molecule has 0 radical (unpaired) electrons. The van der Waals surface area contributed by atoms with Gasteiger partial charge in [-0.2, -0.15) is 4.80 Å². The van der Waals surface area contributed by atoms with Gasteiger partial charge in [0.1, 0.15) is 0 Å². The molecule has 0 aliphatic rings. The molecular weight excluding hydrogens is 358 g/mol. The number of carbonyl (C=O) groups is 1. The van der Waals surface area contributed by atoms with E-state index in [1.807, 2.05) is 36.6 Å². The van der Waals surface area contributed by atoms with Crippen LogP contribution in [0.5, 0.6) is 0 Å². The Balaban J connectivity index is 1.76. The summed E-state index contributed by atoms with van der Waals surface area (Å²) < 4.78 is 0. The van der Waals surface area contributed by atoms with Gasteiger partial charge < -0.3 is 4.90 Å². The molecule has 0 saturated carbocycles. The van der Waals surface area contributed by atoms with Crippen LogP contribution in [0.1, 0.15) is 24.3 Å². The van der Waals surface area contributed by atoms with Crippen LogP contribution in [0, 0.1) is 0 Å². The molecule has 2 heterocycles. The van der Waals surface area contributed by atoms with Crippen molar-refractivity contribution in [2.24, 2.45) is 0 Å². The van der Waals surface area contributed by atoms with Gasteiger partial charge in [-0.15, -0.1) is 21.5 Å². The molecule has 8 heteroatoms. The summed E-state index contributed by atoms with van der Waals surface area (Å²) in [6.07, 6.45) is 0.587. The molecule has 0 saturated heterocycles. The second-order valence-electron chi connectivity index (χ2n) is 5.64. The first-order valence-electron chi connectivity index (χ1n) is 7.91. The quantitative estimate of drug-likeness (QED) is 0.659. The smallest absolute Gasteiger partial charge is 0.249 e. The maximum atomic E-state index is 12.8. The fraction of sp³-hybridized carbons (Fsp3) is 0.294. The van der Waals surface area contributed by atoms with Crippen LogP contribution in [0.25, 0.3) is 11.4 Å². The number of hydrogen-bond acceptors (Lipinski definition) is 5. The van der Waals surface area contributed by atoms with E-state index in [2.05, 4.69) is 15.4 Å². The Morgan fingerprint density at radius 1 is 1.32 bits per heavy atom. The molecule has 0 aliphatic heterocycles. The lowest BCUT2D eigenvalue weighted by Gasteiger charge is -2.21. The Bertz CT molecular complexity index is 831. The fourth-order valence-electron chi connectivity index (χ4n) is 2.48. The predicted octanol–water partition coefficient (Wildman–Crippen LogP) is 3.66. The van der Waals surface area contributed by atoms with E-state index in [0.29, 0.717) is 23.8 Å². The molecule has 2 aromatic heterocycles. The molecule has 1 unspecified atom stereocenters. The van der Waals surface area contributed by atoms with E-state index in [-0.39, 0.29) is 5.91 Å². The van der Waals surface area contributed by atoms with Gasteiger partial charge in [0.15, 0.2) is 6.04 Å². The van der Waals surface area contributed by atoms with Crippen molar-refractivity contribution < 1.29 is 4.79 Å². The zero-order valence-electron chi connectivity index (χ0n) is 14.0. The van der Waals surface area contributed by atoms with Crippen molar-refractivity contribution in [1.29, 1.82) is 0 Å². The molecule has 0 bridgehead atoms. The van der Waals surface area contributed by atoms with Crippen LogP contribution in [0.4, 0.5) is 0 Å². The molecule has 0 N–H and O–H groups in total. The summed E-state index contributed by atoms with van der Waals surface area (Å²) in [4.78, 5) is 17.0. The summed E-state index contributed by atoms with van der Waals surface area (Å²) in [6, 6.07) is 10.7. The number of amides is 1. The number of tetrazole rings is 1. The molecule has 3 rings (SSSR count). The summed E-state index contributed by atoms with van der Waals surface area (Å²) in [6.45, 7) is 2.51. The lowest BCUT2D eigenvalue weighted by Crippen LogP contribution is -2.34. The molecule has 1 aromatic carbocycles. The highest BCUT2D eigenvalue weighted by Crippen LogP contribution is 2.20. The number of likely N-dealkylation sites (N-methyl/N-ethyl adjacent to an activating group) is 1. The van der Waals surface area contributed by atoms with Crippen molar-refractivity contribution >= 4 is 28.8 Å². The molecule has 0 fully saturated rings. The van der Waals surface area contributed by atoms with Crippen molar-refractivity contribution in [1.82, 2.24) is 25.1 Å². The SMILES string of the molecule is CCC(C(=O)N(C)Cc1cccs1)n1nnc(-c2ccc(Cl)cc2)n1. The van der Waals surface area contributed by atoms with Crippen LogP contribution in [-0.2, 0) is 11.3 Å². The first-order chi connectivity index (χ1) is 12.1. The fourth-order valence-corrected chi connectivity index (χ4v) is 3.36. The number of aromatic nitrogens is 4. The van der Waals surface area contributed by atoms with Gasteiger partial charge in [-0.3, -0.25) is 4.79 Å². The van der Waals surface area contributed by atoms with Gasteiger partial charge in [0.05, 0.1) is 6.54 Å². The maximum absolute atomic E-state index is 12.8. The van der Waals surface area contributed by atoms with E-state index in [4.69, 9.17) is 11.6 Å². The summed E-state index contributed by atoms with van der Waals surface area (Å²) in [5.74, 6) is 0.444. The Labute approximate surface area is 155 Å². The van der Waals surface area contributed by atoms with Gasteiger partial charge in [0, 0.05) is 22.5 Å². The average Bonchev–Trinajstić information content (AvgIpc) is 3.28. The Hall–Kier alpha value is -2.25. The largest absolute Gasteiger partial charge is 0.339 e. The summed E-state index contributed by atoms with van der Waals surface area (Å²) in [5, 5.41) is 15.2. The second kappa shape index (κ2) is 7.76. The Morgan fingerprint density at radius 2 is 2.08 bits per heavy atom. The van der Waals surface area contributed by atoms with Crippen LogP contribution < -0.4 is 0 Å². The van der Waals surface area contributed by atoms with Crippen LogP contribution in [0.2, 0.25) is 5.02 Å². The van der Waals surface area contributed by atoms with Gasteiger partial charge in [0.2, 0.25) is 11.7 Å². The van der Waals surface area contributed by atoms with Crippen LogP contribution in [-0.4, -0.2) is 38.1 Å². The van der Waals surface area contributed by atoms with E-state index >= 15 is 0 Å². The maximum Gasteiger partial charge on any atom is 0.249 e. The van der Waals surface area contributed by atoms with Crippen molar-refractivity contribution in [2.75, 3.05) is 7.05 Å². The molecule has 1 atom stereocenters. The number of carbonyl (C=O) groups excluding carboxylic acids is 1. The van der Waals surface area contributed by atoms with E-state index in [1.165, 1.54) is 4.80 Å². The van der Waals surface area contributed by atoms with E-state index in [1.54, 1.807) is 35.4 Å². The van der Waals surface area contributed by atoms with Gasteiger partial charge >= 0.3 is 0 Å². The minimum Gasteiger partial charge on any atom is -0.339 e. The van der Waals surface area contributed by atoms with Crippen molar-refractivity contribution in [3.05, 3.63) is 51.7 Å². The van der Waals surface area contributed by atoms with E-state index in [0.717, 1.165) is 10.4 Å². The Kier molecular flexibility index (Phi) is 5.45. The number of halogens is 1.